The van der Waals surface area contributed by atoms with E-state index in [-0.39, 0.29) is 37.0 Å². The third-order valence-electron chi connectivity index (χ3n) is 4.43. The fourth-order valence-electron chi connectivity index (χ4n) is 2.88. The number of hydrogen-bond acceptors (Lipinski definition) is 5. The number of alkyl halides is 3. The summed E-state index contributed by atoms with van der Waals surface area (Å²) in [5.41, 5.74) is -5.17. The van der Waals surface area contributed by atoms with Crippen LogP contribution in [0.4, 0.5) is 22.0 Å². The standard InChI is InChI=1S/C21H14BrF5N2O5/c1-10(30)9-33-15-5-3-4-12(23)19(15)34-16-7-14(13(24)6-11(16)22)29-18(31)8-17(21(25,26)27)28(2)20(29)32/h3-8H,9H2,1-2H3. The molecular weight excluding hydrogens is 535 g/mol. The number of benzene rings is 2. The minimum Gasteiger partial charge on any atom is -0.482 e. The van der Waals surface area contributed by atoms with Gasteiger partial charge in [-0.2, -0.15) is 13.2 Å². The second-order valence-corrected chi connectivity index (χ2v) is 7.79. The minimum absolute atomic E-state index is 0.0775. The van der Waals surface area contributed by atoms with Gasteiger partial charge in [-0.1, -0.05) is 6.07 Å². The largest absolute Gasteiger partial charge is 0.482 e. The lowest BCUT2D eigenvalue weighted by molar-refractivity contribution is -0.144. The Balaban J connectivity index is 2.15. The van der Waals surface area contributed by atoms with Gasteiger partial charge in [0.2, 0.25) is 5.75 Å². The van der Waals surface area contributed by atoms with Crippen molar-refractivity contribution in [3.8, 4) is 22.9 Å². The van der Waals surface area contributed by atoms with E-state index in [1.54, 1.807) is 0 Å². The molecule has 1 heterocycles. The number of ketones is 1. The molecule has 3 aromatic rings. The molecule has 34 heavy (non-hydrogen) atoms. The molecule has 0 fully saturated rings. The Bertz CT molecular complexity index is 1400. The van der Waals surface area contributed by atoms with Crippen molar-refractivity contribution < 1.29 is 36.2 Å². The van der Waals surface area contributed by atoms with Gasteiger partial charge in [0.15, 0.2) is 17.3 Å². The number of ether oxygens (including phenoxy) is 2. The van der Waals surface area contributed by atoms with Crippen LogP contribution in [0.15, 0.2) is 50.5 Å². The molecule has 0 spiro atoms. The lowest BCUT2D eigenvalue weighted by atomic mass is 10.2. The first-order valence-electron chi connectivity index (χ1n) is 9.29. The molecule has 0 aliphatic heterocycles. The zero-order chi connectivity index (χ0) is 25.4. The Hall–Kier alpha value is -3.48. The fraction of sp³-hybridized carbons (Fsp3) is 0.190. The van der Waals surface area contributed by atoms with Gasteiger partial charge in [-0.25, -0.2) is 18.1 Å². The SMILES string of the molecule is CC(=O)COc1cccc(F)c1Oc1cc(-n2c(=O)cc(C(F)(F)F)n(C)c2=O)c(F)cc1Br. The van der Waals surface area contributed by atoms with Crippen LogP contribution in [0.1, 0.15) is 12.6 Å². The quantitative estimate of drug-likeness (QED) is 0.428. The number of hydrogen-bond donors (Lipinski definition) is 0. The smallest absolute Gasteiger partial charge is 0.431 e. The Morgan fingerprint density at radius 2 is 1.74 bits per heavy atom. The molecule has 13 heteroatoms. The molecule has 0 radical (unpaired) electrons. The predicted molar refractivity (Wildman–Crippen MR) is 113 cm³/mol. The topological polar surface area (TPSA) is 79.5 Å². The third kappa shape index (κ3) is 5.03. The highest BCUT2D eigenvalue weighted by atomic mass is 79.9. The summed E-state index contributed by atoms with van der Waals surface area (Å²) in [7, 11) is 0.771. The van der Waals surface area contributed by atoms with Gasteiger partial charge in [0.25, 0.3) is 5.56 Å². The van der Waals surface area contributed by atoms with Crippen LogP contribution >= 0.6 is 15.9 Å². The van der Waals surface area contributed by atoms with Crippen molar-refractivity contribution >= 4 is 21.7 Å². The molecule has 7 nitrogen and oxygen atoms in total. The summed E-state index contributed by atoms with van der Waals surface area (Å²) in [5, 5.41) is 0. The monoisotopic (exact) mass is 548 g/mol. The van der Waals surface area contributed by atoms with E-state index in [0.717, 1.165) is 25.2 Å². The molecule has 2 aromatic carbocycles. The number of halogens is 6. The molecule has 0 amide bonds. The van der Waals surface area contributed by atoms with Crippen LogP contribution in [0.25, 0.3) is 5.69 Å². The average molecular weight is 549 g/mol. The van der Waals surface area contributed by atoms with E-state index in [1.807, 2.05) is 0 Å². The van der Waals surface area contributed by atoms with Gasteiger partial charge in [-0.3, -0.25) is 14.2 Å². The molecule has 0 bridgehead atoms. The van der Waals surface area contributed by atoms with Crippen LogP contribution in [0.3, 0.4) is 0 Å². The summed E-state index contributed by atoms with van der Waals surface area (Å²) in [6.07, 6.45) is -5.00. The Morgan fingerprint density at radius 1 is 1.06 bits per heavy atom. The molecule has 1 aromatic heterocycles. The maximum absolute atomic E-state index is 14.7. The molecule has 0 atom stereocenters. The predicted octanol–water partition coefficient (Wildman–Crippen LogP) is 4.36. The van der Waals surface area contributed by atoms with Crippen molar-refractivity contribution in [1.82, 2.24) is 9.13 Å². The van der Waals surface area contributed by atoms with Crippen LogP contribution in [-0.4, -0.2) is 21.5 Å². The van der Waals surface area contributed by atoms with Crippen molar-refractivity contribution in [3.63, 3.8) is 0 Å². The second-order valence-electron chi connectivity index (χ2n) is 6.94. The highest BCUT2D eigenvalue weighted by molar-refractivity contribution is 9.10. The number of carbonyl (C=O) groups is 1. The fourth-order valence-corrected chi connectivity index (χ4v) is 3.27. The van der Waals surface area contributed by atoms with E-state index in [2.05, 4.69) is 15.9 Å². The second kappa shape index (κ2) is 9.41. The number of Topliss-reactive ketones (excluding diaryl/α,β-unsaturated/α-hetero) is 1. The maximum atomic E-state index is 14.7. The molecule has 180 valence electrons. The molecule has 0 saturated heterocycles. The molecule has 0 aliphatic rings. The van der Waals surface area contributed by atoms with Gasteiger partial charge in [-0.15, -0.1) is 0 Å². The first kappa shape index (κ1) is 25.1. The molecular formula is C21H14BrF5N2O5. The van der Waals surface area contributed by atoms with Gasteiger partial charge in [-0.05, 0) is 41.1 Å². The Labute approximate surface area is 196 Å². The highest BCUT2D eigenvalue weighted by Gasteiger charge is 2.35. The van der Waals surface area contributed by atoms with Crippen LogP contribution < -0.4 is 20.7 Å². The number of nitrogens with zero attached hydrogens (tertiary/aromatic N) is 2. The van der Waals surface area contributed by atoms with Crippen molar-refractivity contribution in [3.05, 3.63) is 79.0 Å². The minimum atomic E-state index is -5.00. The first-order valence-corrected chi connectivity index (χ1v) is 10.1. The zero-order valence-electron chi connectivity index (χ0n) is 17.4. The number of aromatic nitrogens is 2. The molecule has 0 unspecified atom stereocenters. The van der Waals surface area contributed by atoms with Crippen molar-refractivity contribution in [2.75, 3.05) is 6.61 Å². The van der Waals surface area contributed by atoms with Gasteiger partial charge in [0.05, 0.1) is 10.2 Å². The van der Waals surface area contributed by atoms with Crippen LogP contribution in [0.2, 0.25) is 0 Å². The van der Waals surface area contributed by atoms with Gasteiger partial charge >= 0.3 is 11.9 Å². The lowest BCUT2D eigenvalue weighted by Crippen LogP contribution is -2.41. The van der Waals surface area contributed by atoms with E-state index in [4.69, 9.17) is 9.47 Å². The van der Waals surface area contributed by atoms with Crippen LogP contribution in [0, 0.1) is 11.6 Å². The number of rotatable bonds is 6. The van der Waals surface area contributed by atoms with Crippen LogP contribution in [-0.2, 0) is 18.0 Å². The molecule has 3 rings (SSSR count). The molecule has 0 aliphatic carbocycles. The van der Waals surface area contributed by atoms with E-state index < -0.39 is 52.8 Å². The maximum Gasteiger partial charge on any atom is 0.431 e. The normalized spacial score (nSPS) is 11.4. The number of carbonyl (C=O) groups excluding carboxylic acids is 1. The summed E-state index contributed by atoms with van der Waals surface area (Å²) < 4.78 is 79.4. The summed E-state index contributed by atoms with van der Waals surface area (Å²) >= 11 is 3.01. The van der Waals surface area contributed by atoms with Crippen LogP contribution in [0.5, 0.6) is 17.2 Å². The molecule has 0 saturated carbocycles. The van der Waals surface area contributed by atoms with E-state index in [9.17, 15) is 36.3 Å². The highest BCUT2D eigenvalue weighted by Crippen LogP contribution is 2.38. The number of para-hydroxylation sites is 1. The summed E-state index contributed by atoms with van der Waals surface area (Å²) in [6.45, 7) is 0.845. The summed E-state index contributed by atoms with van der Waals surface area (Å²) in [4.78, 5) is 36.1. The van der Waals surface area contributed by atoms with E-state index in [1.165, 1.54) is 19.1 Å². The van der Waals surface area contributed by atoms with Crippen molar-refractivity contribution in [2.45, 2.75) is 13.1 Å². The summed E-state index contributed by atoms with van der Waals surface area (Å²) in [6, 6.07) is 5.37. The first-order chi connectivity index (χ1) is 15.8. The van der Waals surface area contributed by atoms with Gasteiger partial charge < -0.3 is 9.47 Å². The van der Waals surface area contributed by atoms with E-state index in [0.29, 0.717) is 0 Å². The third-order valence-corrected chi connectivity index (χ3v) is 5.05. The van der Waals surface area contributed by atoms with Crippen molar-refractivity contribution in [2.24, 2.45) is 7.05 Å². The Morgan fingerprint density at radius 3 is 2.35 bits per heavy atom. The molecule has 0 N–H and O–H groups in total. The van der Waals surface area contributed by atoms with Gasteiger partial charge in [0, 0.05) is 19.2 Å². The zero-order valence-corrected chi connectivity index (χ0v) is 19.0. The van der Waals surface area contributed by atoms with Gasteiger partial charge in [0.1, 0.15) is 23.9 Å². The lowest BCUT2D eigenvalue weighted by Gasteiger charge is -2.16. The average Bonchev–Trinajstić information content (AvgIpc) is 2.73. The van der Waals surface area contributed by atoms with Crippen molar-refractivity contribution in [1.29, 1.82) is 0 Å². The van der Waals surface area contributed by atoms with E-state index >= 15 is 0 Å². The Kier molecular flexibility index (Phi) is 6.96. The summed E-state index contributed by atoms with van der Waals surface area (Å²) in [5.74, 6) is -3.40.